The van der Waals surface area contributed by atoms with Gasteiger partial charge in [0.25, 0.3) is 0 Å². The fraction of sp³-hybridized carbons (Fsp3) is 0.611. The van der Waals surface area contributed by atoms with Gasteiger partial charge in [0.1, 0.15) is 0 Å². The average molecular weight is 609 g/mol. The minimum absolute atomic E-state index is 0.0154. The Hall–Kier alpha value is -0.0400. The Morgan fingerprint density at radius 2 is 2.00 bits per heavy atom. The van der Waals surface area contributed by atoms with E-state index >= 15 is 0 Å². The molecule has 1 aromatic carbocycles. The summed E-state index contributed by atoms with van der Waals surface area (Å²) in [6.07, 6.45) is 2.09. The van der Waals surface area contributed by atoms with Crippen LogP contribution < -0.4 is 19.8 Å². The third-order valence-electron chi connectivity index (χ3n) is 3.51. The summed E-state index contributed by atoms with van der Waals surface area (Å²) in [5.74, 6) is 0.182. The van der Waals surface area contributed by atoms with Crippen molar-refractivity contribution < 1.29 is 41.4 Å². The summed E-state index contributed by atoms with van der Waals surface area (Å²) in [7, 11) is -3.26. The Kier molecular flexibility index (Phi) is 10.6. The fourth-order valence-electron chi connectivity index (χ4n) is 2.47. The minimum atomic E-state index is -3.48. The molecule has 0 aliphatic carbocycles. The molecular formula is C18H28BrINO5S2-. The van der Waals surface area contributed by atoms with E-state index in [1.807, 2.05) is 25.1 Å². The second-order valence-electron chi connectivity index (χ2n) is 7.21. The van der Waals surface area contributed by atoms with Gasteiger partial charge in [-0.3, -0.25) is 0 Å². The summed E-state index contributed by atoms with van der Waals surface area (Å²) in [4.78, 5) is 0. The van der Waals surface area contributed by atoms with Crippen molar-refractivity contribution >= 4 is 40.1 Å². The normalized spacial score (nSPS) is 15.5. The van der Waals surface area contributed by atoms with Gasteiger partial charge in [-0.05, 0) is 0 Å². The Labute approximate surface area is 188 Å². The molecule has 10 heteroatoms. The maximum absolute atomic E-state index is 12.5. The summed E-state index contributed by atoms with van der Waals surface area (Å²) in [6.45, 7) is 8.24. The molecule has 0 unspecified atom stereocenters. The number of nitrogens with zero attached hydrogens (tertiary/aromatic N) is 1. The second-order valence-corrected chi connectivity index (χ2v) is 17.3. The van der Waals surface area contributed by atoms with E-state index in [1.165, 1.54) is 7.11 Å². The van der Waals surface area contributed by atoms with Crippen LogP contribution in [0, 0.1) is 6.92 Å². The molecule has 28 heavy (non-hydrogen) atoms. The van der Waals surface area contributed by atoms with Crippen LogP contribution in [0.15, 0.2) is 27.1 Å². The molecule has 0 saturated carbocycles. The van der Waals surface area contributed by atoms with Gasteiger partial charge in [0.2, 0.25) is 0 Å². The molecule has 6 nitrogen and oxygen atoms in total. The van der Waals surface area contributed by atoms with Crippen molar-refractivity contribution in [1.29, 1.82) is 0 Å². The van der Waals surface area contributed by atoms with Crippen molar-refractivity contribution in [1.82, 2.24) is 0 Å². The topological polar surface area (TPSA) is 82.0 Å². The molecule has 0 aliphatic rings. The van der Waals surface area contributed by atoms with Gasteiger partial charge in [-0.1, -0.05) is 0 Å². The number of halogens is 2. The van der Waals surface area contributed by atoms with Crippen LogP contribution >= 0.6 is 15.9 Å². The average Bonchev–Trinajstić information content (AvgIpc) is 2.51. The summed E-state index contributed by atoms with van der Waals surface area (Å²) < 4.78 is 50.7. The number of alkyl halides is 1. The Bertz CT molecular complexity index is 822. The quantitative estimate of drug-likeness (QED) is 0.0798. The summed E-state index contributed by atoms with van der Waals surface area (Å²) >= 11 is 2.80. The van der Waals surface area contributed by atoms with Crippen LogP contribution in [-0.4, -0.2) is 41.9 Å². The zero-order valence-electron chi connectivity index (χ0n) is 17.0. The van der Waals surface area contributed by atoms with Gasteiger partial charge in [0.15, 0.2) is 0 Å². The number of rotatable bonds is 9. The molecule has 0 radical (unpaired) electrons. The molecule has 0 N–H and O–H groups in total. The van der Waals surface area contributed by atoms with Gasteiger partial charge in [-0.15, -0.1) is 0 Å². The summed E-state index contributed by atoms with van der Waals surface area (Å²) in [5, 5.41) is 0. The van der Waals surface area contributed by atoms with E-state index in [0.29, 0.717) is 18.7 Å². The first-order valence-electron chi connectivity index (χ1n) is 8.64. The van der Waals surface area contributed by atoms with Crippen LogP contribution in [0.2, 0.25) is 0 Å². The molecular weight excluding hydrogens is 581 g/mol. The van der Waals surface area contributed by atoms with Gasteiger partial charge < -0.3 is 0 Å². The molecule has 162 valence electrons. The molecule has 1 rings (SSSR count). The van der Waals surface area contributed by atoms with Gasteiger partial charge >= 0.3 is 190 Å². The van der Waals surface area contributed by atoms with Crippen molar-refractivity contribution in [3.05, 3.63) is 33.8 Å². The molecule has 0 fully saturated rings. The Balaban J connectivity index is 3.14. The third kappa shape index (κ3) is 10.1. The molecule has 0 aromatic heterocycles. The van der Waals surface area contributed by atoms with Gasteiger partial charge in [0.05, 0.1) is 0 Å². The van der Waals surface area contributed by atoms with Crippen molar-refractivity contribution in [2.45, 2.75) is 49.9 Å². The SMILES string of the molecule is COC(=N[S@](=O)[I-]C(C)(C)C)[C@H](CCCOS(C)(=O)=O)c1ccc(Br)cc1C. The van der Waals surface area contributed by atoms with E-state index in [4.69, 9.17) is 8.92 Å². The van der Waals surface area contributed by atoms with E-state index in [1.54, 1.807) is 0 Å². The van der Waals surface area contributed by atoms with Crippen molar-refractivity contribution in [2.24, 2.45) is 4.40 Å². The standard InChI is InChI=1S/C18H28BrINO5S2/c1-13-12-14(19)9-10-15(13)16(8-7-11-26-28(6,23)24)17(25-5)21-27(22)20-18(2,3)4/h9-10,12,16H,7-8,11H2,1-6H3/q-1/t16-,27-/m1/s1. The molecule has 2 atom stereocenters. The van der Waals surface area contributed by atoms with Crippen LogP contribution in [0.25, 0.3) is 0 Å². The predicted octanol–water partition coefficient (Wildman–Crippen LogP) is 1.11. The molecule has 0 amide bonds. The third-order valence-corrected chi connectivity index (χ3v) is 11.2. The second kappa shape index (κ2) is 11.4. The van der Waals surface area contributed by atoms with Crippen LogP contribution in [0.4, 0.5) is 0 Å². The van der Waals surface area contributed by atoms with Crippen molar-refractivity contribution in [3.8, 4) is 0 Å². The number of hydrogen-bond acceptors (Lipinski definition) is 5. The van der Waals surface area contributed by atoms with E-state index in [-0.39, 0.29) is 15.9 Å². The van der Waals surface area contributed by atoms with Crippen molar-refractivity contribution in [2.75, 3.05) is 20.0 Å². The number of aryl methyl sites for hydroxylation is 1. The number of ether oxygens (including phenoxy) is 1. The van der Waals surface area contributed by atoms with E-state index in [0.717, 1.165) is 21.9 Å². The van der Waals surface area contributed by atoms with E-state index in [2.05, 4.69) is 41.1 Å². The molecule has 0 bridgehead atoms. The Morgan fingerprint density at radius 1 is 1.36 bits per heavy atom. The zero-order chi connectivity index (χ0) is 21.5. The van der Waals surface area contributed by atoms with Crippen molar-refractivity contribution in [3.63, 3.8) is 0 Å². The van der Waals surface area contributed by atoms with Gasteiger partial charge in [-0.25, -0.2) is 0 Å². The predicted molar refractivity (Wildman–Crippen MR) is 114 cm³/mol. The monoisotopic (exact) mass is 608 g/mol. The maximum atomic E-state index is 12.5. The van der Waals surface area contributed by atoms with Crippen LogP contribution in [0.3, 0.4) is 0 Å². The first-order chi connectivity index (χ1) is 12.8. The number of methoxy groups -OCH3 is 1. The molecule has 0 aliphatic heterocycles. The van der Waals surface area contributed by atoms with E-state index < -0.39 is 38.1 Å². The molecule has 1 aromatic rings. The van der Waals surface area contributed by atoms with Crippen LogP contribution in [0.1, 0.15) is 50.7 Å². The number of hydrogen-bond donors (Lipinski definition) is 0. The van der Waals surface area contributed by atoms with Gasteiger partial charge in [-0.2, -0.15) is 0 Å². The van der Waals surface area contributed by atoms with Crippen LogP contribution in [0.5, 0.6) is 0 Å². The first kappa shape index (κ1) is 26.0. The van der Waals surface area contributed by atoms with E-state index in [9.17, 15) is 12.6 Å². The fourth-order valence-corrected chi connectivity index (χ4v) is 8.41. The number of benzene rings is 1. The van der Waals surface area contributed by atoms with Crippen LogP contribution in [-0.2, 0) is 27.2 Å². The first-order valence-corrected chi connectivity index (χ1v) is 16.0. The summed E-state index contributed by atoms with van der Waals surface area (Å²) in [5.41, 5.74) is 2.05. The Morgan fingerprint density at radius 3 is 2.50 bits per heavy atom. The molecule has 0 saturated heterocycles. The molecule has 0 heterocycles. The zero-order valence-corrected chi connectivity index (χ0v) is 22.4. The van der Waals surface area contributed by atoms with Gasteiger partial charge in [0, 0.05) is 0 Å². The summed E-state index contributed by atoms with van der Waals surface area (Å²) in [6, 6.07) is 5.92. The molecule has 0 spiro atoms.